The van der Waals surface area contributed by atoms with E-state index >= 15 is 0 Å². The quantitative estimate of drug-likeness (QED) is 0.302. The van der Waals surface area contributed by atoms with E-state index in [1.807, 2.05) is 6.92 Å². The van der Waals surface area contributed by atoms with E-state index in [0.29, 0.717) is 29.1 Å². The number of benzene rings is 2. The Labute approximate surface area is 215 Å². The summed E-state index contributed by atoms with van der Waals surface area (Å²) in [5, 5.41) is 5.25. The lowest BCUT2D eigenvalue weighted by molar-refractivity contribution is -0.147. The average molecular weight is 513 g/mol. The molecule has 2 rings (SSSR count). The zero-order valence-electron chi connectivity index (χ0n) is 21.2. The van der Waals surface area contributed by atoms with Crippen LogP contribution >= 0.6 is 0 Å². The summed E-state index contributed by atoms with van der Waals surface area (Å²) in [5.74, 6) is -2.32. The molecule has 0 aromatic heterocycles. The summed E-state index contributed by atoms with van der Waals surface area (Å²) in [6, 6.07) is 12.4. The van der Waals surface area contributed by atoms with Gasteiger partial charge in [-0.2, -0.15) is 0 Å². The van der Waals surface area contributed by atoms with Gasteiger partial charge in [-0.3, -0.25) is 14.4 Å². The van der Waals surface area contributed by atoms with Gasteiger partial charge in [0.15, 0.2) is 6.61 Å². The predicted octanol–water partition coefficient (Wildman–Crippen LogP) is 4.11. The van der Waals surface area contributed by atoms with Crippen molar-refractivity contribution in [3.63, 3.8) is 0 Å². The van der Waals surface area contributed by atoms with Gasteiger partial charge >= 0.3 is 17.9 Å². The third kappa shape index (κ3) is 10.9. The van der Waals surface area contributed by atoms with Gasteiger partial charge in [-0.25, -0.2) is 9.59 Å². The third-order valence-electron chi connectivity index (χ3n) is 4.74. The zero-order chi connectivity index (χ0) is 27.2. The summed E-state index contributed by atoms with van der Waals surface area (Å²) < 4.78 is 15.1. The number of hydrogen-bond acceptors (Lipinski definition) is 8. The highest BCUT2D eigenvalue weighted by molar-refractivity contribution is 5.95. The number of anilines is 2. The number of carbonyl (C=O) groups is 5. The van der Waals surface area contributed by atoms with Crippen LogP contribution in [0.5, 0.6) is 0 Å². The van der Waals surface area contributed by atoms with Gasteiger partial charge in [0.05, 0.1) is 23.8 Å². The lowest BCUT2D eigenvalue weighted by Crippen LogP contribution is -2.21. The molecule has 0 atom stereocenters. The van der Waals surface area contributed by atoms with Crippen LogP contribution in [-0.4, -0.2) is 49.0 Å². The maximum atomic E-state index is 12.1. The van der Waals surface area contributed by atoms with Gasteiger partial charge in [0.25, 0.3) is 5.91 Å². The highest BCUT2D eigenvalue weighted by Gasteiger charge is 2.12. The van der Waals surface area contributed by atoms with E-state index in [1.165, 1.54) is 12.1 Å². The van der Waals surface area contributed by atoms with Crippen LogP contribution in [0, 0.1) is 0 Å². The van der Waals surface area contributed by atoms with Crippen LogP contribution in [0.4, 0.5) is 11.4 Å². The van der Waals surface area contributed by atoms with Crippen molar-refractivity contribution in [2.24, 2.45) is 0 Å². The number of amides is 2. The number of nitrogens with one attached hydrogen (secondary N) is 2. The second-order valence-electron chi connectivity index (χ2n) is 8.36. The lowest BCUT2D eigenvalue weighted by Gasteiger charge is -2.09. The minimum Gasteiger partial charge on any atom is -0.462 e. The molecule has 2 aromatic rings. The van der Waals surface area contributed by atoms with Crippen LogP contribution in [0.15, 0.2) is 48.5 Å². The normalized spacial score (nSPS) is 10.4. The van der Waals surface area contributed by atoms with E-state index in [-0.39, 0.29) is 31.3 Å². The molecule has 0 bridgehead atoms. The number of esters is 3. The average Bonchev–Trinajstić information content (AvgIpc) is 2.86. The molecule has 0 aliphatic rings. The number of rotatable bonds is 13. The SMILES string of the molecule is CCCOC(=O)c1ccc(NC(=O)COC(=O)CCCC(=O)Nc2ccc(C(=O)OC(C)C)cc2)cc1. The van der Waals surface area contributed by atoms with Gasteiger partial charge < -0.3 is 24.8 Å². The van der Waals surface area contributed by atoms with Crippen molar-refractivity contribution < 1.29 is 38.2 Å². The van der Waals surface area contributed by atoms with Gasteiger partial charge in [0, 0.05) is 24.2 Å². The number of hydrogen-bond donors (Lipinski definition) is 2. The summed E-state index contributed by atoms with van der Waals surface area (Å²) in [4.78, 5) is 59.6. The molecule has 0 unspecified atom stereocenters. The lowest BCUT2D eigenvalue weighted by atomic mass is 10.2. The Morgan fingerprint density at radius 2 is 1.27 bits per heavy atom. The highest BCUT2D eigenvalue weighted by Crippen LogP contribution is 2.13. The van der Waals surface area contributed by atoms with Crippen molar-refractivity contribution in [3.8, 4) is 0 Å². The molecule has 2 N–H and O–H groups in total. The Balaban J connectivity index is 1.65. The van der Waals surface area contributed by atoms with Crippen LogP contribution in [0.25, 0.3) is 0 Å². The topological polar surface area (TPSA) is 137 Å². The van der Waals surface area contributed by atoms with E-state index in [9.17, 15) is 24.0 Å². The molecular formula is C27H32N2O8. The van der Waals surface area contributed by atoms with Gasteiger partial charge in [-0.1, -0.05) is 6.92 Å². The standard InChI is InChI=1S/C27H32N2O8/c1-4-16-35-26(33)19-8-12-22(13-9-19)29-24(31)17-36-25(32)7-5-6-23(30)28-21-14-10-20(11-15-21)27(34)37-18(2)3/h8-15,18H,4-7,16-17H2,1-3H3,(H,28,30)(H,29,31). The molecule has 10 nitrogen and oxygen atoms in total. The van der Waals surface area contributed by atoms with Crippen molar-refractivity contribution in [2.75, 3.05) is 23.8 Å². The molecule has 2 aromatic carbocycles. The minimum absolute atomic E-state index is 0.0325. The fourth-order valence-corrected chi connectivity index (χ4v) is 2.97. The Kier molecular flexibility index (Phi) is 11.8. The first-order chi connectivity index (χ1) is 17.7. The van der Waals surface area contributed by atoms with Gasteiger partial charge in [0.1, 0.15) is 0 Å². The molecule has 0 aliphatic carbocycles. The monoisotopic (exact) mass is 512 g/mol. The van der Waals surface area contributed by atoms with Gasteiger partial charge in [0.2, 0.25) is 5.91 Å². The first-order valence-electron chi connectivity index (χ1n) is 12.0. The molecule has 0 saturated carbocycles. The Bertz CT molecular complexity index is 1080. The summed E-state index contributed by atoms with van der Waals surface area (Å²) in [7, 11) is 0. The van der Waals surface area contributed by atoms with Crippen LogP contribution < -0.4 is 10.6 Å². The van der Waals surface area contributed by atoms with Crippen molar-refractivity contribution >= 4 is 41.1 Å². The van der Waals surface area contributed by atoms with Crippen LogP contribution in [-0.2, 0) is 28.6 Å². The molecule has 37 heavy (non-hydrogen) atoms. The second kappa shape index (κ2) is 15.0. The number of ether oxygens (including phenoxy) is 3. The van der Waals surface area contributed by atoms with E-state index < -0.39 is 30.4 Å². The van der Waals surface area contributed by atoms with Crippen molar-refractivity contribution in [1.29, 1.82) is 0 Å². The molecule has 0 heterocycles. The molecule has 0 fully saturated rings. The van der Waals surface area contributed by atoms with Crippen LogP contribution in [0.2, 0.25) is 0 Å². The third-order valence-corrected chi connectivity index (χ3v) is 4.74. The summed E-state index contributed by atoms with van der Waals surface area (Å²) in [5.41, 5.74) is 1.69. The van der Waals surface area contributed by atoms with E-state index in [0.717, 1.165) is 6.42 Å². The molecule has 10 heteroatoms. The molecule has 0 aliphatic heterocycles. The second-order valence-corrected chi connectivity index (χ2v) is 8.36. The van der Waals surface area contributed by atoms with Gasteiger partial charge in [-0.05, 0) is 75.2 Å². The zero-order valence-corrected chi connectivity index (χ0v) is 21.2. The Morgan fingerprint density at radius 1 is 0.730 bits per heavy atom. The van der Waals surface area contributed by atoms with Crippen molar-refractivity contribution in [3.05, 3.63) is 59.7 Å². The van der Waals surface area contributed by atoms with E-state index in [1.54, 1.807) is 50.2 Å². The van der Waals surface area contributed by atoms with Crippen molar-refractivity contribution in [2.45, 2.75) is 52.6 Å². The summed E-state index contributed by atoms with van der Waals surface area (Å²) in [6.07, 6.45) is 0.773. The molecule has 2 amide bonds. The smallest absolute Gasteiger partial charge is 0.338 e. The van der Waals surface area contributed by atoms with Crippen molar-refractivity contribution in [1.82, 2.24) is 0 Å². The molecule has 198 valence electrons. The van der Waals surface area contributed by atoms with Crippen LogP contribution in [0.3, 0.4) is 0 Å². The maximum absolute atomic E-state index is 12.1. The molecule has 0 radical (unpaired) electrons. The largest absolute Gasteiger partial charge is 0.462 e. The highest BCUT2D eigenvalue weighted by atomic mass is 16.5. The molecular weight excluding hydrogens is 480 g/mol. The summed E-state index contributed by atoms with van der Waals surface area (Å²) >= 11 is 0. The minimum atomic E-state index is -0.606. The predicted molar refractivity (Wildman–Crippen MR) is 136 cm³/mol. The molecule has 0 saturated heterocycles. The fourth-order valence-electron chi connectivity index (χ4n) is 2.97. The summed E-state index contributed by atoms with van der Waals surface area (Å²) in [6.45, 7) is 5.27. The fraction of sp³-hybridized carbons (Fsp3) is 0.370. The van der Waals surface area contributed by atoms with Gasteiger partial charge in [-0.15, -0.1) is 0 Å². The maximum Gasteiger partial charge on any atom is 0.338 e. The Hall–Kier alpha value is -4.21. The van der Waals surface area contributed by atoms with E-state index in [2.05, 4.69) is 10.6 Å². The molecule has 0 spiro atoms. The Morgan fingerprint density at radius 3 is 1.81 bits per heavy atom. The first-order valence-corrected chi connectivity index (χ1v) is 12.0. The van der Waals surface area contributed by atoms with E-state index in [4.69, 9.17) is 14.2 Å². The number of carbonyl (C=O) groups excluding carboxylic acids is 5. The van der Waals surface area contributed by atoms with Crippen LogP contribution in [0.1, 0.15) is 67.2 Å². The first kappa shape index (κ1) is 29.0.